The summed E-state index contributed by atoms with van der Waals surface area (Å²) in [5.74, 6) is -0.502. The number of sulfone groups is 1. The summed E-state index contributed by atoms with van der Waals surface area (Å²) in [4.78, 5) is 17.2. The molecule has 1 amide bonds. The molecule has 0 saturated carbocycles. The second-order valence-electron chi connectivity index (χ2n) is 7.56. The zero-order valence-electron chi connectivity index (χ0n) is 17.4. The van der Waals surface area contributed by atoms with Gasteiger partial charge in [-0.2, -0.15) is 0 Å². The van der Waals surface area contributed by atoms with Crippen molar-refractivity contribution in [2.75, 3.05) is 5.32 Å². The van der Waals surface area contributed by atoms with Crippen molar-refractivity contribution in [1.82, 2.24) is 9.55 Å². The number of carbonyl (C=O) groups excluding carboxylic acids is 1. The fourth-order valence-corrected chi connectivity index (χ4v) is 4.96. The van der Waals surface area contributed by atoms with E-state index < -0.39 is 9.84 Å². The van der Waals surface area contributed by atoms with Crippen LogP contribution in [-0.2, 0) is 26.9 Å². The molecule has 4 rings (SSSR count). The Kier molecular flexibility index (Phi) is 5.61. The zero-order chi connectivity index (χ0) is 22.0. The number of benzene rings is 3. The largest absolute Gasteiger partial charge is 0.325 e. The quantitative estimate of drug-likeness (QED) is 0.492. The fraction of sp³-hybridized carbons (Fsp3) is 0.167. The van der Waals surface area contributed by atoms with E-state index in [0.717, 1.165) is 11.1 Å². The van der Waals surface area contributed by atoms with Crippen molar-refractivity contribution in [3.05, 3.63) is 89.5 Å². The summed E-state index contributed by atoms with van der Waals surface area (Å²) in [5, 5.41) is 2.76. The number of aryl methyl sites for hydroxylation is 2. The van der Waals surface area contributed by atoms with Gasteiger partial charge in [-0.15, -0.1) is 0 Å². The van der Waals surface area contributed by atoms with Gasteiger partial charge in [-0.1, -0.05) is 48.5 Å². The first-order valence-electron chi connectivity index (χ1n) is 9.92. The SMILES string of the molecule is Cc1ccc(NC(=O)Cn2c(S(=O)(=O)Cc3ccccc3)nc3ccccc32)cc1C. The molecule has 6 nitrogen and oxygen atoms in total. The Labute approximate surface area is 181 Å². The third-order valence-electron chi connectivity index (χ3n) is 5.19. The number of nitrogens with zero attached hydrogens (tertiary/aromatic N) is 2. The lowest BCUT2D eigenvalue weighted by Crippen LogP contribution is -2.22. The van der Waals surface area contributed by atoms with Gasteiger partial charge in [0, 0.05) is 5.69 Å². The summed E-state index contributed by atoms with van der Waals surface area (Å²) in [7, 11) is -3.76. The van der Waals surface area contributed by atoms with Crippen LogP contribution < -0.4 is 5.32 Å². The maximum atomic E-state index is 13.2. The van der Waals surface area contributed by atoms with Crippen LogP contribution in [0.1, 0.15) is 16.7 Å². The number of anilines is 1. The van der Waals surface area contributed by atoms with Gasteiger partial charge in [-0.25, -0.2) is 13.4 Å². The van der Waals surface area contributed by atoms with Gasteiger partial charge in [0.1, 0.15) is 6.54 Å². The number of para-hydroxylation sites is 2. The van der Waals surface area contributed by atoms with E-state index in [9.17, 15) is 13.2 Å². The maximum Gasteiger partial charge on any atom is 0.244 e. The average molecular weight is 434 g/mol. The monoisotopic (exact) mass is 433 g/mol. The van der Waals surface area contributed by atoms with Crippen LogP contribution >= 0.6 is 0 Å². The maximum absolute atomic E-state index is 13.2. The first-order chi connectivity index (χ1) is 14.8. The molecule has 3 aromatic carbocycles. The van der Waals surface area contributed by atoms with Crippen LogP contribution in [0.15, 0.2) is 78.0 Å². The number of imidazole rings is 1. The van der Waals surface area contributed by atoms with Crippen LogP contribution in [0.4, 0.5) is 5.69 Å². The predicted octanol–water partition coefficient (Wildman–Crippen LogP) is 4.27. The smallest absolute Gasteiger partial charge is 0.244 e. The molecule has 0 radical (unpaired) electrons. The number of fused-ring (bicyclic) bond motifs is 1. The third-order valence-corrected chi connectivity index (χ3v) is 6.77. The Morgan fingerprint density at radius 1 is 0.935 bits per heavy atom. The van der Waals surface area contributed by atoms with Crippen LogP contribution in [0.3, 0.4) is 0 Å². The molecule has 0 aliphatic carbocycles. The molecule has 0 unspecified atom stereocenters. The van der Waals surface area contributed by atoms with E-state index in [0.29, 0.717) is 22.3 Å². The zero-order valence-corrected chi connectivity index (χ0v) is 18.2. The molecular formula is C24H23N3O3S. The lowest BCUT2D eigenvalue weighted by atomic mass is 10.1. The highest BCUT2D eigenvalue weighted by atomic mass is 32.2. The normalized spacial score (nSPS) is 11.5. The van der Waals surface area contributed by atoms with Crippen LogP contribution in [-0.4, -0.2) is 23.9 Å². The van der Waals surface area contributed by atoms with Crippen molar-refractivity contribution in [2.45, 2.75) is 31.3 Å². The molecule has 0 spiro atoms. The topological polar surface area (TPSA) is 81.1 Å². The highest BCUT2D eigenvalue weighted by molar-refractivity contribution is 7.90. The van der Waals surface area contributed by atoms with Crippen molar-refractivity contribution in [3.8, 4) is 0 Å². The van der Waals surface area contributed by atoms with Crippen molar-refractivity contribution >= 4 is 32.5 Å². The Hall–Kier alpha value is -3.45. The van der Waals surface area contributed by atoms with Crippen molar-refractivity contribution < 1.29 is 13.2 Å². The molecular weight excluding hydrogens is 410 g/mol. The van der Waals surface area contributed by atoms with E-state index in [2.05, 4.69) is 10.3 Å². The number of hydrogen-bond donors (Lipinski definition) is 1. The van der Waals surface area contributed by atoms with Gasteiger partial charge in [-0.05, 0) is 54.8 Å². The van der Waals surface area contributed by atoms with Crippen molar-refractivity contribution in [3.63, 3.8) is 0 Å². The highest BCUT2D eigenvalue weighted by Gasteiger charge is 2.25. The minimum atomic E-state index is -3.76. The second-order valence-corrected chi connectivity index (χ2v) is 9.44. The lowest BCUT2D eigenvalue weighted by molar-refractivity contribution is -0.116. The van der Waals surface area contributed by atoms with Crippen LogP contribution in [0.5, 0.6) is 0 Å². The number of amides is 1. The van der Waals surface area contributed by atoms with Gasteiger partial charge >= 0.3 is 0 Å². The Balaban J connectivity index is 1.68. The minimum Gasteiger partial charge on any atom is -0.325 e. The number of nitrogens with one attached hydrogen (secondary N) is 1. The number of rotatable bonds is 6. The summed E-state index contributed by atoms with van der Waals surface area (Å²) >= 11 is 0. The lowest BCUT2D eigenvalue weighted by Gasteiger charge is -2.11. The van der Waals surface area contributed by atoms with Gasteiger partial charge in [0.15, 0.2) is 0 Å². The van der Waals surface area contributed by atoms with E-state index in [1.54, 1.807) is 48.5 Å². The summed E-state index contributed by atoms with van der Waals surface area (Å²) in [5.41, 5.74) is 4.68. The molecule has 0 bridgehead atoms. The number of carbonyl (C=O) groups is 1. The van der Waals surface area contributed by atoms with E-state index in [-0.39, 0.29) is 23.4 Å². The third kappa shape index (κ3) is 4.51. The predicted molar refractivity (Wildman–Crippen MR) is 122 cm³/mol. The summed E-state index contributed by atoms with van der Waals surface area (Å²) in [6.07, 6.45) is 0. The molecule has 31 heavy (non-hydrogen) atoms. The van der Waals surface area contributed by atoms with Crippen molar-refractivity contribution in [2.24, 2.45) is 0 Å². The molecule has 0 aliphatic heterocycles. The molecule has 1 aromatic heterocycles. The molecule has 0 saturated heterocycles. The number of hydrogen-bond acceptors (Lipinski definition) is 4. The standard InChI is InChI=1S/C24H23N3O3S/c1-17-12-13-20(14-18(17)2)25-23(28)15-27-22-11-7-6-10-21(22)26-24(27)31(29,30)16-19-8-4-3-5-9-19/h3-14H,15-16H2,1-2H3,(H,25,28). The van der Waals surface area contributed by atoms with E-state index in [1.807, 2.05) is 38.1 Å². The van der Waals surface area contributed by atoms with Gasteiger partial charge in [0.05, 0.1) is 16.8 Å². The minimum absolute atomic E-state index is 0.104. The van der Waals surface area contributed by atoms with E-state index in [4.69, 9.17) is 0 Å². The first-order valence-corrected chi connectivity index (χ1v) is 11.6. The molecule has 0 fully saturated rings. The summed E-state index contributed by atoms with van der Waals surface area (Å²) in [6, 6.07) is 21.7. The average Bonchev–Trinajstić information content (AvgIpc) is 3.11. The number of aromatic nitrogens is 2. The molecule has 158 valence electrons. The van der Waals surface area contributed by atoms with Gasteiger partial charge in [0.2, 0.25) is 20.9 Å². The molecule has 0 aliphatic rings. The van der Waals surface area contributed by atoms with Crippen LogP contribution in [0, 0.1) is 13.8 Å². The first kappa shape index (κ1) is 20.8. The molecule has 1 heterocycles. The molecule has 0 atom stereocenters. The molecule has 4 aromatic rings. The molecule has 7 heteroatoms. The fourth-order valence-electron chi connectivity index (χ4n) is 3.47. The van der Waals surface area contributed by atoms with Gasteiger partial charge in [0.25, 0.3) is 0 Å². The summed E-state index contributed by atoms with van der Waals surface area (Å²) in [6.45, 7) is 3.82. The Morgan fingerprint density at radius 2 is 1.65 bits per heavy atom. The van der Waals surface area contributed by atoms with Crippen LogP contribution in [0.2, 0.25) is 0 Å². The van der Waals surface area contributed by atoms with Crippen LogP contribution in [0.25, 0.3) is 11.0 Å². The Morgan fingerprint density at radius 3 is 2.39 bits per heavy atom. The van der Waals surface area contributed by atoms with E-state index in [1.165, 1.54) is 4.57 Å². The highest BCUT2D eigenvalue weighted by Crippen LogP contribution is 2.23. The van der Waals surface area contributed by atoms with Gasteiger partial charge in [-0.3, -0.25) is 4.79 Å². The van der Waals surface area contributed by atoms with E-state index >= 15 is 0 Å². The Bertz CT molecular complexity index is 1360. The van der Waals surface area contributed by atoms with Crippen molar-refractivity contribution in [1.29, 1.82) is 0 Å². The second kappa shape index (κ2) is 8.35. The summed E-state index contributed by atoms with van der Waals surface area (Å²) < 4.78 is 27.9. The molecule has 1 N–H and O–H groups in total. The van der Waals surface area contributed by atoms with Gasteiger partial charge < -0.3 is 9.88 Å².